The SMILES string of the molecule is Cc1cc(C)c(NCc2cn3cc(Cl)ccc3n2)c(Br)c1. The summed E-state index contributed by atoms with van der Waals surface area (Å²) in [7, 11) is 0. The molecule has 0 aliphatic rings. The summed E-state index contributed by atoms with van der Waals surface area (Å²) in [5, 5.41) is 4.15. The van der Waals surface area contributed by atoms with Crippen LogP contribution in [0.2, 0.25) is 5.02 Å². The van der Waals surface area contributed by atoms with Gasteiger partial charge < -0.3 is 9.72 Å². The molecule has 0 bridgehead atoms. The Bertz CT molecular complexity index is 787. The van der Waals surface area contributed by atoms with Crippen LogP contribution < -0.4 is 5.32 Å². The molecule has 3 nitrogen and oxygen atoms in total. The predicted molar refractivity (Wildman–Crippen MR) is 91.1 cm³/mol. The Kier molecular flexibility index (Phi) is 3.91. The number of benzene rings is 1. The molecule has 0 aliphatic carbocycles. The number of imidazole rings is 1. The molecule has 3 rings (SSSR count). The van der Waals surface area contributed by atoms with Gasteiger partial charge in [-0.3, -0.25) is 0 Å². The molecule has 0 fully saturated rings. The summed E-state index contributed by atoms with van der Waals surface area (Å²) in [4.78, 5) is 4.57. The maximum Gasteiger partial charge on any atom is 0.137 e. The van der Waals surface area contributed by atoms with Crippen molar-refractivity contribution in [3.05, 3.63) is 63.0 Å². The van der Waals surface area contributed by atoms with Gasteiger partial charge >= 0.3 is 0 Å². The zero-order chi connectivity index (χ0) is 15.0. The number of rotatable bonds is 3. The third-order valence-electron chi connectivity index (χ3n) is 3.34. The zero-order valence-corrected chi connectivity index (χ0v) is 14.2. The maximum absolute atomic E-state index is 5.99. The summed E-state index contributed by atoms with van der Waals surface area (Å²) in [6, 6.07) is 8.04. The van der Waals surface area contributed by atoms with Crippen molar-refractivity contribution in [2.24, 2.45) is 0 Å². The first-order valence-corrected chi connectivity index (χ1v) is 7.84. The van der Waals surface area contributed by atoms with Crippen molar-refractivity contribution >= 4 is 38.9 Å². The van der Waals surface area contributed by atoms with Crippen molar-refractivity contribution < 1.29 is 0 Å². The van der Waals surface area contributed by atoms with Crippen LogP contribution in [0.1, 0.15) is 16.8 Å². The van der Waals surface area contributed by atoms with Gasteiger partial charge in [0.15, 0.2) is 0 Å². The Morgan fingerprint density at radius 2 is 2.05 bits per heavy atom. The van der Waals surface area contributed by atoms with Crippen LogP contribution >= 0.6 is 27.5 Å². The van der Waals surface area contributed by atoms with Gasteiger partial charge in [-0.2, -0.15) is 0 Å². The van der Waals surface area contributed by atoms with E-state index < -0.39 is 0 Å². The van der Waals surface area contributed by atoms with Gasteiger partial charge in [0, 0.05) is 16.9 Å². The van der Waals surface area contributed by atoms with Gasteiger partial charge in [-0.1, -0.05) is 17.7 Å². The van der Waals surface area contributed by atoms with Crippen LogP contribution in [0, 0.1) is 13.8 Å². The van der Waals surface area contributed by atoms with Crippen LogP contribution in [0.3, 0.4) is 0 Å². The second kappa shape index (κ2) is 5.70. The number of hydrogen-bond acceptors (Lipinski definition) is 2. The minimum absolute atomic E-state index is 0.668. The first kappa shape index (κ1) is 14.4. The smallest absolute Gasteiger partial charge is 0.137 e. The van der Waals surface area contributed by atoms with Crippen LogP contribution in [0.5, 0.6) is 0 Å². The zero-order valence-electron chi connectivity index (χ0n) is 11.8. The normalized spacial score (nSPS) is 11.0. The van der Waals surface area contributed by atoms with Crippen LogP contribution in [-0.4, -0.2) is 9.38 Å². The van der Waals surface area contributed by atoms with E-state index in [4.69, 9.17) is 11.6 Å². The highest BCUT2D eigenvalue weighted by molar-refractivity contribution is 9.10. The molecule has 0 saturated carbocycles. The van der Waals surface area contributed by atoms with Gasteiger partial charge in [0.25, 0.3) is 0 Å². The lowest BCUT2D eigenvalue weighted by atomic mass is 10.1. The number of anilines is 1. The number of hydrogen-bond donors (Lipinski definition) is 1. The fraction of sp³-hybridized carbons (Fsp3) is 0.188. The molecule has 0 amide bonds. The third-order valence-corrected chi connectivity index (χ3v) is 4.19. The highest BCUT2D eigenvalue weighted by atomic mass is 79.9. The Morgan fingerprint density at radius 1 is 1.24 bits per heavy atom. The fourth-order valence-corrected chi connectivity index (χ4v) is 3.40. The van der Waals surface area contributed by atoms with E-state index in [1.54, 1.807) is 0 Å². The number of aromatic nitrogens is 2. The fourth-order valence-electron chi connectivity index (χ4n) is 2.42. The highest BCUT2D eigenvalue weighted by Gasteiger charge is 2.07. The van der Waals surface area contributed by atoms with Crippen LogP contribution in [0.15, 0.2) is 41.1 Å². The minimum Gasteiger partial charge on any atom is -0.378 e. The summed E-state index contributed by atoms with van der Waals surface area (Å²) in [6.07, 6.45) is 3.85. The van der Waals surface area contributed by atoms with Crippen molar-refractivity contribution in [1.29, 1.82) is 0 Å². The maximum atomic E-state index is 5.99. The summed E-state index contributed by atoms with van der Waals surface area (Å²) >= 11 is 9.60. The molecule has 0 saturated heterocycles. The van der Waals surface area contributed by atoms with E-state index in [1.807, 2.05) is 28.9 Å². The molecule has 1 N–H and O–H groups in total. The molecule has 5 heteroatoms. The highest BCUT2D eigenvalue weighted by Crippen LogP contribution is 2.28. The summed E-state index contributed by atoms with van der Waals surface area (Å²) in [5.74, 6) is 0. The Labute approximate surface area is 137 Å². The van der Waals surface area contributed by atoms with E-state index in [9.17, 15) is 0 Å². The second-order valence-corrected chi connectivity index (χ2v) is 6.43. The van der Waals surface area contributed by atoms with Crippen LogP contribution in [0.4, 0.5) is 5.69 Å². The number of aryl methyl sites for hydroxylation is 2. The molecule has 0 atom stereocenters. The van der Waals surface area contributed by atoms with Crippen molar-refractivity contribution in [3.8, 4) is 0 Å². The van der Waals surface area contributed by atoms with E-state index in [1.165, 1.54) is 11.1 Å². The Hall–Kier alpha value is -1.52. The number of nitrogens with one attached hydrogen (secondary N) is 1. The van der Waals surface area contributed by atoms with E-state index in [-0.39, 0.29) is 0 Å². The van der Waals surface area contributed by atoms with Crippen molar-refractivity contribution in [2.75, 3.05) is 5.32 Å². The summed E-state index contributed by atoms with van der Waals surface area (Å²) in [6.45, 7) is 4.86. The molecule has 0 radical (unpaired) electrons. The topological polar surface area (TPSA) is 29.3 Å². The van der Waals surface area contributed by atoms with E-state index in [0.29, 0.717) is 11.6 Å². The third kappa shape index (κ3) is 3.06. The molecule has 108 valence electrons. The quantitative estimate of drug-likeness (QED) is 0.710. The predicted octanol–water partition coefficient (Wildman–Crippen LogP) is 4.98. The number of nitrogens with zero attached hydrogens (tertiary/aromatic N) is 2. The van der Waals surface area contributed by atoms with Gasteiger partial charge in [-0.25, -0.2) is 4.98 Å². The largest absolute Gasteiger partial charge is 0.378 e. The molecule has 2 heterocycles. The number of pyridine rings is 1. The number of halogens is 2. The standard InChI is InChI=1S/C16H15BrClN3/c1-10-5-11(2)16(14(17)6-10)19-7-13-9-21-8-12(18)3-4-15(21)20-13/h3-6,8-9,19H,7H2,1-2H3. The lowest BCUT2D eigenvalue weighted by Gasteiger charge is -2.11. The second-order valence-electron chi connectivity index (χ2n) is 5.14. The van der Waals surface area contributed by atoms with Gasteiger partial charge in [-0.15, -0.1) is 0 Å². The molecule has 0 spiro atoms. The molecular weight excluding hydrogens is 350 g/mol. The molecule has 0 aliphatic heterocycles. The van der Waals surface area contributed by atoms with E-state index >= 15 is 0 Å². The molecular formula is C16H15BrClN3. The van der Waals surface area contributed by atoms with Gasteiger partial charge in [0.1, 0.15) is 5.65 Å². The van der Waals surface area contributed by atoms with Crippen LogP contribution in [0.25, 0.3) is 5.65 Å². The van der Waals surface area contributed by atoms with Crippen molar-refractivity contribution in [3.63, 3.8) is 0 Å². The molecule has 21 heavy (non-hydrogen) atoms. The molecule has 0 unspecified atom stereocenters. The van der Waals surface area contributed by atoms with Crippen LogP contribution in [-0.2, 0) is 6.54 Å². The lowest BCUT2D eigenvalue weighted by molar-refractivity contribution is 1.07. The summed E-state index contributed by atoms with van der Waals surface area (Å²) in [5.41, 5.74) is 5.44. The average Bonchev–Trinajstić information content (AvgIpc) is 2.79. The minimum atomic E-state index is 0.668. The van der Waals surface area contributed by atoms with E-state index in [2.05, 4.69) is 52.2 Å². The van der Waals surface area contributed by atoms with Gasteiger partial charge in [0.05, 0.1) is 22.9 Å². The molecule has 3 aromatic rings. The molecule has 1 aromatic carbocycles. The van der Waals surface area contributed by atoms with E-state index in [0.717, 1.165) is 21.5 Å². The molecule has 2 aromatic heterocycles. The lowest BCUT2D eigenvalue weighted by Crippen LogP contribution is -2.02. The number of fused-ring (bicyclic) bond motifs is 1. The Morgan fingerprint density at radius 3 is 2.81 bits per heavy atom. The summed E-state index contributed by atoms with van der Waals surface area (Å²) < 4.78 is 3.02. The monoisotopic (exact) mass is 363 g/mol. The average molecular weight is 365 g/mol. The first-order chi connectivity index (χ1) is 10.0. The Balaban J connectivity index is 1.83. The van der Waals surface area contributed by atoms with Gasteiger partial charge in [-0.05, 0) is 59.1 Å². The van der Waals surface area contributed by atoms with Crippen molar-refractivity contribution in [2.45, 2.75) is 20.4 Å². The van der Waals surface area contributed by atoms with Crippen molar-refractivity contribution in [1.82, 2.24) is 9.38 Å². The first-order valence-electron chi connectivity index (χ1n) is 6.67. The van der Waals surface area contributed by atoms with Gasteiger partial charge in [0.2, 0.25) is 0 Å².